The number of fused-ring (bicyclic) bond motifs is 1. The fourth-order valence-corrected chi connectivity index (χ4v) is 6.13. The number of nitrogen functional groups attached to an aromatic ring is 1. The molecule has 2 aromatic heterocycles. The summed E-state index contributed by atoms with van der Waals surface area (Å²) in [5.41, 5.74) is 6.69. The third-order valence-electron chi connectivity index (χ3n) is 6.52. The number of anilines is 1. The molecule has 1 aliphatic rings. The van der Waals surface area contributed by atoms with Crippen LogP contribution in [0, 0.1) is 11.8 Å². The number of aliphatic hydroxyl groups excluding tert-OH is 2. The number of rotatable bonds is 10. The van der Waals surface area contributed by atoms with E-state index in [0.29, 0.717) is 11.2 Å². The molecule has 1 saturated carbocycles. The van der Waals surface area contributed by atoms with Crippen molar-refractivity contribution in [3.8, 4) is 5.75 Å². The predicted octanol–water partition coefficient (Wildman–Crippen LogP) is 2.07. The van der Waals surface area contributed by atoms with Crippen LogP contribution in [0.2, 0.25) is 0 Å². The normalized spacial score (nSPS) is 25.8. The topological polar surface area (TPSA) is 184 Å². The lowest BCUT2D eigenvalue weighted by Gasteiger charge is -2.26. The van der Waals surface area contributed by atoms with Gasteiger partial charge in [0.1, 0.15) is 29.7 Å². The lowest BCUT2D eigenvalue weighted by atomic mass is 9.95. The summed E-state index contributed by atoms with van der Waals surface area (Å²) in [6, 6.07) is 6.72. The molecule has 0 bridgehead atoms. The molecule has 2 heterocycles. The second-order valence-corrected chi connectivity index (χ2v) is 11.3. The van der Waals surface area contributed by atoms with Crippen molar-refractivity contribution in [3.63, 3.8) is 0 Å². The number of hydrogen-bond donors (Lipinski definition) is 4. The lowest BCUT2D eigenvalue weighted by Crippen LogP contribution is -2.37. The van der Waals surface area contributed by atoms with Gasteiger partial charge in [-0.25, -0.2) is 19.5 Å². The van der Waals surface area contributed by atoms with E-state index in [4.69, 9.17) is 19.5 Å². The Hall–Kier alpha value is -3.09. The number of ether oxygens (including phenoxy) is 1. The van der Waals surface area contributed by atoms with Crippen LogP contribution in [0.5, 0.6) is 5.75 Å². The maximum absolute atomic E-state index is 13.8. The summed E-state index contributed by atoms with van der Waals surface area (Å²) in [7, 11) is -4.15. The number of carbonyl (C=O) groups excluding carboxylic acids is 1. The number of aliphatic hydroxyl groups is 2. The summed E-state index contributed by atoms with van der Waals surface area (Å²) >= 11 is 0. The molecule has 38 heavy (non-hydrogen) atoms. The van der Waals surface area contributed by atoms with Crippen molar-refractivity contribution in [1.82, 2.24) is 24.6 Å². The third kappa shape index (κ3) is 5.82. The van der Waals surface area contributed by atoms with Gasteiger partial charge in [0.25, 0.3) is 0 Å². The third-order valence-corrected chi connectivity index (χ3v) is 8.17. The standard InChI is InChI=1S/C24H33N6O7P/c1-13(2)36-24(33)15(4)29-38(34,37-16-8-6-5-7-9-16)35-10-17-14(3)19(21(32)20(17)31)30-12-28-18-22(25)26-11-27-23(18)30/h5-9,11-15,17,19-21,31-32H,10H2,1-4H3,(H,29,34)(H2,25,26,27)/t14?,15-,17-,19+,20+,21-,38?/m0/s1. The summed E-state index contributed by atoms with van der Waals surface area (Å²) < 4.78 is 32.1. The summed E-state index contributed by atoms with van der Waals surface area (Å²) in [5, 5.41) is 24.5. The Morgan fingerprint density at radius 3 is 2.55 bits per heavy atom. The molecule has 0 amide bonds. The van der Waals surface area contributed by atoms with Gasteiger partial charge in [-0.3, -0.25) is 9.32 Å². The van der Waals surface area contributed by atoms with E-state index in [2.05, 4.69) is 20.0 Å². The van der Waals surface area contributed by atoms with Crippen molar-refractivity contribution in [1.29, 1.82) is 0 Å². The average Bonchev–Trinajstić information content (AvgIpc) is 3.37. The van der Waals surface area contributed by atoms with Crippen molar-refractivity contribution < 1.29 is 33.4 Å². The minimum Gasteiger partial charge on any atom is -0.462 e. The van der Waals surface area contributed by atoms with Crippen LogP contribution in [-0.2, 0) is 18.6 Å². The predicted molar refractivity (Wildman–Crippen MR) is 138 cm³/mol. The maximum atomic E-state index is 13.8. The highest BCUT2D eigenvalue weighted by Gasteiger charge is 2.49. The smallest absolute Gasteiger partial charge is 0.459 e. The van der Waals surface area contributed by atoms with Gasteiger partial charge >= 0.3 is 13.7 Å². The van der Waals surface area contributed by atoms with Crippen LogP contribution in [0.3, 0.4) is 0 Å². The van der Waals surface area contributed by atoms with Gasteiger partial charge in [-0.1, -0.05) is 25.1 Å². The first kappa shape index (κ1) is 27.9. The van der Waals surface area contributed by atoms with Crippen molar-refractivity contribution >= 4 is 30.7 Å². The van der Waals surface area contributed by atoms with Gasteiger partial charge in [-0.2, -0.15) is 5.09 Å². The number of carbonyl (C=O) groups is 1. The van der Waals surface area contributed by atoms with Gasteiger partial charge in [0.2, 0.25) is 0 Å². The zero-order valence-corrected chi connectivity index (χ0v) is 22.4. The first-order valence-corrected chi connectivity index (χ1v) is 13.8. The van der Waals surface area contributed by atoms with E-state index >= 15 is 0 Å². The van der Waals surface area contributed by atoms with Crippen LogP contribution in [0.4, 0.5) is 5.82 Å². The quantitative estimate of drug-likeness (QED) is 0.214. The number of hydrogen-bond acceptors (Lipinski definition) is 11. The number of esters is 1. The molecule has 3 aromatic rings. The molecule has 1 aromatic carbocycles. The lowest BCUT2D eigenvalue weighted by molar-refractivity contribution is -0.149. The molecule has 14 heteroatoms. The number of benzene rings is 1. The first-order chi connectivity index (χ1) is 18.0. The molecule has 0 aliphatic heterocycles. The van der Waals surface area contributed by atoms with Crippen molar-refractivity contribution in [3.05, 3.63) is 43.0 Å². The van der Waals surface area contributed by atoms with E-state index in [-0.39, 0.29) is 30.2 Å². The molecular weight excluding hydrogens is 515 g/mol. The monoisotopic (exact) mass is 548 g/mol. The molecule has 13 nitrogen and oxygen atoms in total. The molecule has 4 rings (SSSR count). The Labute approximate surface area is 219 Å². The molecule has 0 radical (unpaired) electrons. The van der Waals surface area contributed by atoms with Gasteiger partial charge in [0, 0.05) is 5.92 Å². The Balaban J connectivity index is 1.54. The van der Waals surface area contributed by atoms with Gasteiger partial charge in [0.15, 0.2) is 11.5 Å². The molecule has 7 atom stereocenters. The highest BCUT2D eigenvalue weighted by atomic mass is 31.2. The largest absolute Gasteiger partial charge is 0.462 e. The number of nitrogens with one attached hydrogen (secondary N) is 1. The fraction of sp³-hybridized carbons (Fsp3) is 0.500. The Morgan fingerprint density at radius 1 is 1.16 bits per heavy atom. The first-order valence-electron chi connectivity index (χ1n) is 12.3. The van der Waals surface area contributed by atoms with Crippen molar-refractivity contribution in [2.45, 2.75) is 58.1 Å². The van der Waals surface area contributed by atoms with Crippen molar-refractivity contribution in [2.24, 2.45) is 11.8 Å². The summed E-state index contributed by atoms with van der Waals surface area (Å²) in [5.74, 6) is -1.20. The van der Waals surface area contributed by atoms with E-state index < -0.39 is 43.9 Å². The Bertz CT molecular complexity index is 1310. The second-order valence-electron chi connectivity index (χ2n) is 9.61. The summed E-state index contributed by atoms with van der Waals surface area (Å²) in [6.45, 7) is 6.47. The van der Waals surface area contributed by atoms with Crippen LogP contribution in [-0.4, -0.2) is 66.7 Å². The van der Waals surface area contributed by atoms with Gasteiger partial charge < -0.3 is 29.8 Å². The number of nitrogens with two attached hydrogens (primary N) is 1. The zero-order valence-electron chi connectivity index (χ0n) is 21.5. The Morgan fingerprint density at radius 2 is 1.87 bits per heavy atom. The molecule has 5 N–H and O–H groups in total. The minimum absolute atomic E-state index is 0.199. The van der Waals surface area contributed by atoms with Gasteiger partial charge in [-0.15, -0.1) is 0 Å². The van der Waals surface area contributed by atoms with Crippen molar-refractivity contribution in [2.75, 3.05) is 12.3 Å². The van der Waals surface area contributed by atoms with E-state index in [1.54, 1.807) is 48.7 Å². The number of aromatic nitrogens is 4. The molecular formula is C24H33N6O7P. The molecule has 1 fully saturated rings. The van der Waals surface area contributed by atoms with Crippen LogP contribution >= 0.6 is 7.75 Å². The fourth-order valence-electron chi connectivity index (χ4n) is 4.61. The number of para-hydroxylation sites is 1. The van der Waals surface area contributed by atoms with Crippen LogP contribution in [0.15, 0.2) is 43.0 Å². The molecule has 2 unspecified atom stereocenters. The highest BCUT2D eigenvalue weighted by molar-refractivity contribution is 7.52. The highest BCUT2D eigenvalue weighted by Crippen LogP contribution is 2.48. The van der Waals surface area contributed by atoms with Gasteiger partial charge in [0.05, 0.1) is 31.2 Å². The Kier molecular flexibility index (Phi) is 8.34. The molecule has 206 valence electrons. The molecule has 0 saturated heterocycles. The van der Waals surface area contributed by atoms with E-state index in [0.717, 1.165) is 0 Å². The van der Waals surface area contributed by atoms with Crippen LogP contribution in [0.1, 0.15) is 33.7 Å². The maximum Gasteiger partial charge on any atom is 0.459 e. The number of imidazole rings is 1. The van der Waals surface area contributed by atoms with Gasteiger partial charge in [-0.05, 0) is 38.8 Å². The minimum atomic E-state index is -4.15. The average molecular weight is 549 g/mol. The SMILES string of the molecule is CC(C)OC(=O)[C@H](C)NP(=O)(OC[C@H]1C(C)[C@@H](n2cnc3c(N)ncnc32)[C@H](O)[C@@H]1O)Oc1ccccc1. The van der Waals surface area contributed by atoms with Crippen LogP contribution < -0.4 is 15.3 Å². The molecule has 0 spiro atoms. The van der Waals surface area contributed by atoms with Crippen LogP contribution in [0.25, 0.3) is 11.2 Å². The summed E-state index contributed by atoms with van der Waals surface area (Å²) in [6.07, 6.45) is 0.000447. The second kappa shape index (κ2) is 11.3. The summed E-state index contributed by atoms with van der Waals surface area (Å²) in [4.78, 5) is 24.8. The number of nitrogens with zero attached hydrogens (tertiary/aromatic N) is 4. The molecule has 1 aliphatic carbocycles. The van der Waals surface area contributed by atoms with E-state index in [1.807, 2.05) is 6.92 Å². The van der Waals surface area contributed by atoms with E-state index in [1.165, 1.54) is 19.6 Å². The van der Waals surface area contributed by atoms with E-state index in [9.17, 15) is 19.6 Å². The zero-order chi connectivity index (χ0) is 27.6.